The van der Waals surface area contributed by atoms with Crippen molar-refractivity contribution in [3.8, 4) is 11.4 Å². The highest BCUT2D eigenvalue weighted by Gasteiger charge is 2.27. The van der Waals surface area contributed by atoms with Crippen LogP contribution < -0.4 is 9.64 Å². The number of benzene rings is 1. The molecule has 0 unspecified atom stereocenters. The first kappa shape index (κ1) is 20.4. The molecule has 30 heavy (non-hydrogen) atoms. The molecule has 1 fully saturated rings. The lowest BCUT2D eigenvalue weighted by Gasteiger charge is -2.27. The van der Waals surface area contributed by atoms with Gasteiger partial charge in [-0.05, 0) is 25.0 Å². The number of aliphatic carboxylic acids is 1. The Kier molecular flexibility index (Phi) is 6.06. The van der Waals surface area contributed by atoms with E-state index in [0.29, 0.717) is 22.9 Å². The highest BCUT2D eigenvalue weighted by atomic mass is 35.5. The van der Waals surface area contributed by atoms with Crippen molar-refractivity contribution in [1.82, 2.24) is 14.5 Å². The number of carboxylic acids is 1. The normalized spacial score (nSPS) is 16.3. The minimum atomic E-state index is -0.858. The van der Waals surface area contributed by atoms with Crippen molar-refractivity contribution in [3.63, 3.8) is 0 Å². The van der Waals surface area contributed by atoms with Gasteiger partial charge in [-0.25, -0.2) is 9.97 Å². The zero-order valence-corrected chi connectivity index (χ0v) is 17.4. The average molecular weight is 431 g/mol. The van der Waals surface area contributed by atoms with E-state index in [-0.39, 0.29) is 19.1 Å². The van der Waals surface area contributed by atoms with Crippen LogP contribution in [0.25, 0.3) is 16.6 Å². The zero-order valence-electron chi connectivity index (χ0n) is 16.6. The molecule has 8 nitrogen and oxygen atoms in total. The van der Waals surface area contributed by atoms with Gasteiger partial charge in [0, 0.05) is 30.4 Å². The first-order chi connectivity index (χ1) is 14.6. The number of anilines is 1. The standard InChI is InChI=1S/C21H23ClN4O4/c1-29-21-16(22)5-4-15-17(25-9-7-23-13-25)11-18(24-20(15)21)26-8-2-3-14(26)12-30-10-6-19(27)28/h4-5,7,9,11,13-14H,2-3,6,8,10,12H2,1H3,(H,27,28)/t14-/m0/s1. The summed E-state index contributed by atoms with van der Waals surface area (Å²) in [5, 5.41) is 10.2. The molecule has 1 atom stereocenters. The van der Waals surface area contributed by atoms with Gasteiger partial charge >= 0.3 is 5.97 Å². The van der Waals surface area contributed by atoms with Crippen LogP contribution in [0.1, 0.15) is 19.3 Å². The lowest BCUT2D eigenvalue weighted by molar-refractivity contribution is -0.138. The number of imidazole rings is 1. The van der Waals surface area contributed by atoms with E-state index in [0.717, 1.165) is 36.3 Å². The first-order valence-corrected chi connectivity index (χ1v) is 10.2. The fourth-order valence-electron chi connectivity index (χ4n) is 3.86. The molecule has 0 saturated carbocycles. The first-order valence-electron chi connectivity index (χ1n) is 9.80. The largest absolute Gasteiger partial charge is 0.493 e. The van der Waals surface area contributed by atoms with Crippen molar-refractivity contribution in [1.29, 1.82) is 0 Å². The molecule has 1 N–H and O–H groups in total. The monoisotopic (exact) mass is 430 g/mol. The van der Waals surface area contributed by atoms with Crippen LogP contribution in [0.2, 0.25) is 5.02 Å². The minimum Gasteiger partial charge on any atom is -0.493 e. The molecule has 4 rings (SSSR count). The lowest BCUT2D eigenvalue weighted by Crippen LogP contribution is -2.34. The van der Waals surface area contributed by atoms with Crippen LogP contribution >= 0.6 is 11.6 Å². The predicted octanol–water partition coefficient (Wildman–Crippen LogP) is 3.54. The van der Waals surface area contributed by atoms with Crippen molar-refractivity contribution in [2.24, 2.45) is 0 Å². The van der Waals surface area contributed by atoms with E-state index < -0.39 is 5.97 Å². The number of ether oxygens (including phenoxy) is 2. The number of methoxy groups -OCH3 is 1. The molecule has 9 heteroatoms. The number of hydrogen-bond donors (Lipinski definition) is 1. The highest BCUT2D eigenvalue weighted by Crippen LogP contribution is 2.37. The van der Waals surface area contributed by atoms with Crippen LogP contribution in [0, 0.1) is 0 Å². The SMILES string of the molecule is COc1c(Cl)ccc2c(-n3ccnc3)cc(N3CCC[C@H]3COCCC(=O)O)nc12. The van der Waals surface area contributed by atoms with Gasteiger partial charge in [-0.15, -0.1) is 0 Å². The molecule has 158 valence electrons. The van der Waals surface area contributed by atoms with Gasteiger partial charge in [0.15, 0.2) is 5.75 Å². The number of carbonyl (C=O) groups is 1. The summed E-state index contributed by atoms with van der Waals surface area (Å²) < 4.78 is 13.1. The highest BCUT2D eigenvalue weighted by molar-refractivity contribution is 6.33. The van der Waals surface area contributed by atoms with Crippen LogP contribution in [-0.4, -0.2) is 58.5 Å². The minimum absolute atomic E-state index is 0.00141. The second-order valence-electron chi connectivity index (χ2n) is 7.15. The molecule has 1 aliphatic rings. The third kappa shape index (κ3) is 4.06. The summed E-state index contributed by atoms with van der Waals surface area (Å²) >= 11 is 6.37. The van der Waals surface area contributed by atoms with E-state index in [1.165, 1.54) is 0 Å². The van der Waals surface area contributed by atoms with E-state index in [4.69, 9.17) is 31.2 Å². The van der Waals surface area contributed by atoms with Gasteiger partial charge in [0.1, 0.15) is 11.3 Å². The van der Waals surface area contributed by atoms with Crippen molar-refractivity contribution in [2.45, 2.75) is 25.3 Å². The van der Waals surface area contributed by atoms with E-state index >= 15 is 0 Å². The summed E-state index contributed by atoms with van der Waals surface area (Å²) in [5.41, 5.74) is 1.61. The molecule has 0 radical (unpaired) electrons. The fraction of sp³-hybridized carbons (Fsp3) is 0.381. The number of carboxylic acid groups (broad SMARTS) is 1. The van der Waals surface area contributed by atoms with Crippen molar-refractivity contribution in [2.75, 3.05) is 31.8 Å². The van der Waals surface area contributed by atoms with Crippen molar-refractivity contribution in [3.05, 3.63) is 41.9 Å². The Balaban J connectivity index is 1.72. The number of halogens is 1. The summed E-state index contributed by atoms with van der Waals surface area (Å²) in [6.45, 7) is 1.51. The molecule has 0 spiro atoms. The van der Waals surface area contributed by atoms with Gasteiger partial charge in [0.05, 0.1) is 49.8 Å². The molecule has 0 aliphatic carbocycles. The lowest BCUT2D eigenvalue weighted by atomic mass is 10.1. The zero-order chi connectivity index (χ0) is 21.1. The number of aromatic nitrogens is 3. The molecular weight excluding hydrogens is 408 g/mol. The second kappa shape index (κ2) is 8.89. The molecule has 1 aromatic carbocycles. The maximum atomic E-state index is 10.7. The van der Waals surface area contributed by atoms with Crippen LogP contribution in [0.4, 0.5) is 5.82 Å². The summed E-state index contributed by atoms with van der Waals surface area (Å²) in [7, 11) is 1.58. The Morgan fingerprint density at radius 3 is 3.00 bits per heavy atom. The van der Waals surface area contributed by atoms with Gasteiger partial charge in [-0.3, -0.25) is 4.79 Å². The van der Waals surface area contributed by atoms with E-state index in [9.17, 15) is 4.79 Å². The quantitative estimate of drug-likeness (QED) is 0.546. The van der Waals surface area contributed by atoms with Crippen LogP contribution in [0.3, 0.4) is 0 Å². The topological polar surface area (TPSA) is 89.7 Å². The molecular formula is C21H23ClN4O4. The Morgan fingerprint density at radius 1 is 1.40 bits per heavy atom. The van der Waals surface area contributed by atoms with Crippen molar-refractivity contribution >= 4 is 34.3 Å². The van der Waals surface area contributed by atoms with Crippen LogP contribution in [-0.2, 0) is 9.53 Å². The van der Waals surface area contributed by atoms with Crippen molar-refractivity contribution < 1.29 is 19.4 Å². The number of nitrogens with zero attached hydrogens (tertiary/aromatic N) is 4. The van der Waals surface area contributed by atoms with Crippen LogP contribution in [0.15, 0.2) is 36.9 Å². The van der Waals surface area contributed by atoms with E-state index in [2.05, 4.69) is 9.88 Å². The van der Waals surface area contributed by atoms with Gasteiger partial charge in [-0.2, -0.15) is 0 Å². The maximum absolute atomic E-state index is 10.7. The molecule has 0 bridgehead atoms. The molecule has 2 aromatic heterocycles. The Bertz CT molecular complexity index is 1040. The molecule has 3 heterocycles. The number of fused-ring (bicyclic) bond motifs is 1. The maximum Gasteiger partial charge on any atom is 0.305 e. The number of hydrogen-bond acceptors (Lipinski definition) is 6. The third-order valence-corrected chi connectivity index (χ3v) is 5.58. The number of rotatable bonds is 8. The third-order valence-electron chi connectivity index (χ3n) is 5.28. The van der Waals surface area contributed by atoms with Gasteiger partial charge < -0.3 is 24.0 Å². The average Bonchev–Trinajstić information content (AvgIpc) is 3.42. The van der Waals surface area contributed by atoms with Gasteiger partial charge in [0.25, 0.3) is 0 Å². The Labute approximate surface area is 179 Å². The second-order valence-corrected chi connectivity index (χ2v) is 7.56. The molecule has 0 amide bonds. The van der Waals surface area contributed by atoms with Crippen LogP contribution in [0.5, 0.6) is 5.75 Å². The molecule has 1 aliphatic heterocycles. The van der Waals surface area contributed by atoms with E-state index in [1.54, 1.807) is 25.7 Å². The van der Waals surface area contributed by atoms with Gasteiger partial charge in [0.2, 0.25) is 0 Å². The molecule has 1 saturated heterocycles. The predicted molar refractivity (Wildman–Crippen MR) is 114 cm³/mol. The summed E-state index contributed by atoms with van der Waals surface area (Å²) in [5.74, 6) is 0.477. The van der Waals surface area contributed by atoms with Gasteiger partial charge in [-0.1, -0.05) is 11.6 Å². The summed E-state index contributed by atoms with van der Waals surface area (Å²) in [6, 6.07) is 5.90. The summed E-state index contributed by atoms with van der Waals surface area (Å²) in [6.07, 6.45) is 7.33. The van der Waals surface area contributed by atoms with E-state index in [1.807, 2.05) is 22.9 Å². The fourth-order valence-corrected chi connectivity index (χ4v) is 4.09. The Morgan fingerprint density at radius 2 is 2.27 bits per heavy atom. The number of pyridine rings is 1. The molecule has 3 aromatic rings. The smallest absolute Gasteiger partial charge is 0.305 e. The summed E-state index contributed by atoms with van der Waals surface area (Å²) in [4.78, 5) is 22.0. The Hall–Kier alpha value is -2.84.